The molecule has 0 radical (unpaired) electrons. The molecule has 4 aromatic rings. The lowest BCUT2D eigenvalue weighted by molar-refractivity contribution is 0.567. The van der Waals surface area contributed by atoms with Gasteiger partial charge in [-0.2, -0.15) is 0 Å². The largest absolute Gasteiger partial charge is 0.473 e. The van der Waals surface area contributed by atoms with Gasteiger partial charge in [-0.05, 0) is 24.3 Å². The van der Waals surface area contributed by atoms with Crippen LogP contribution in [-0.2, 0) is 0 Å². The molecule has 0 N–H and O–H groups in total. The van der Waals surface area contributed by atoms with E-state index in [-0.39, 0.29) is 0 Å². The van der Waals surface area contributed by atoms with Crippen LogP contribution < -0.4 is 0 Å². The molecule has 3 nitrogen and oxygen atoms in total. The molecule has 3 aromatic heterocycles. The molecule has 22 heavy (non-hydrogen) atoms. The van der Waals surface area contributed by atoms with Crippen molar-refractivity contribution in [1.29, 1.82) is 0 Å². The van der Waals surface area contributed by atoms with Crippen molar-refractivity contribution in [3.05, 3.63) is 109 Å². The number of pyridine rings is 1. The van der Waals surface area contributed by atoms with Crippen LogP contribution in [0, 0.1) is 0 Å². The molecule has 0 saturated carbocycles. The van der Waals surface area contributed by atoms with Crippen molar-refractivity contribution in [3.63, 3.8) is 0 Å². The van der Waals surface area contributed by atoms with Crippen molar-refractivity contribution in [2.24, 2.45) is 0 Å². The molecule has 0 atom stereocenters. The van der Waals surface area contributed by atoms with Gasteiger partial charge in [-0.25, -0.2) is 0 Å². The zero-order valence-corrected chi connectivity index (χ0v) is 12.9. The maximum atomic E-state index is 4.58. The summed E-state index contributed by atoms with van der Waals surface area (Å²) < 4.78 is 4.58. The predicted molar refractivity (Wildman–Crippen MR) is 91.5 cm³/mol. The predicted octanol–water partition coefficient (Wildman–Crippen LogP) is 5.19. The summed E-state index contributed by atoms with van der Waals surface area (Å²) in [7, 11) is 0. The first-order valence-electron chi connectivity index (χ1n) is 6.64. The fraction of sp³-hybridized carbons (Fsp3) is 0. The van der Waals surface area contributed by atoms with Crippen molar-refractivity contribution in [1.82, 2.24) is 9.97 Å². The molecule has 112 valence electrons. The van der Waals surface area contributed by atoms with Crippen LogP contribution in [0.2, 0.25) is 0 Å². The van der Waals surface area contributed by atoms with Crippen LogP contribution in [0.4, 0.5) is 0 Å². The first-order chi connectivity index (χ1) is 11.0. The smallest absolute Gasteiger partial charge is 0.0902 e. The van der Waals surface area contributed by atoms with E-state index in [0.29, 0.717) is 0 Å². The number of furan rings is 1. The Balaban J connectivity index is 0.000000147. The van der Waals surface area contributed by atoms with Gasteiger partial charge >= 0.3 is 0 Å². The first kappa shape index (κ1) is 17.3. The highest BCUT2D eigenvalue weighted by molar-refractivity contribution is 7.07. The van der Waals surface area contributed by atoms with Gasteiger partial charge in [0.15, 0.2) is 0 Å². The van der Waals surface area contributed by atoms with Crippen molar-refractivity contribution >= 4 is 11.3 Å². The third-order valence-electron chi connectivity index (χ3n) is 2.01. The minimum Gasteiger partial charge on any atom is -0.473 e. The van der Waals surface area contributed by atoms with Crippen molar-refractivity contribution in [2.45, 2.75) is 0 Å². The van der Waals surface area contributed by atoms with Gasteiger partial charge in [-0.1, -0.05) is 42.5 Å². The Hall–Kier alpha value is -2.72. The molecule has 0 bridgehead atoms. The second kappa shape index (κ2) is 14.7. The molecule has 4 rings (SSSR count). The lowest BCUT2D eigenvalue weighted by atomic mass is 10.4. The number of hydrogen-bond donors (Lipinski definition) is 0. The van der Waals surface area contributed by atoms with E-state index < -0.39 is 0 Å². The summed E-state index contributed by atoms with van der Waals surface area (Å²) in [6, 6.07) is 21.4. The van der Waals surface area contributed by atoms with Crippen molar-refractivity contribution in [3.8, 4) is 0 Å². The van der Waals surface area contributed by atoms with Gasteiger partial charge in [0, 0.05) is 24.0 Å². The molecule has 0 spiro atoms. The summed E-state index contributed by atoms with van der Waals surface area (Å²) in [4.78, 5) is 7.53. The highest BCUT2D eigenvalue weighted by Gasteiger charge is 1.60. The molecular formula is C18H18N2OS. The van der Waals surface area contributed by atoms with Crippen LogP contribution in [0.3, 0.4) is 0 Å². The Bertz CT molecular complexity index is 451. The van der Waals surface area contributed by atoms with E-state index in [2.05, 4.69) is 14.4 Å². The van der Waals surface area contributed by atoms with Gasteiger partial charge in [0.05, 0.1) is 18.0 Å². The number of rotatable bonds is 0. The van der Waals surface area contributed by atoms with Gasteiger partial charge in [-0.3, -0.25) is 9.97 Å². The second-order valence-electron chi connectivity index (χ2n) is 3.65. The van der Waals surface area contributed by atoms with E-state index in [9.17, 15) is 0 Å². The minimum atomic E-state index is 1.60. The molecule has 0 fully saturated rings. The minimum absolute atomic E-state index is 1.60. The molecule has 4 heteroatoms. The highest BCUT2D eigenvalue weighted by Crippen LogP contribution is 1.86. The number of nitrogens with zero attached hydrogens (tertiary/aromatic N) is 2. The summed E-state index contributed by atoms with van der Waals surface area (Å²) in [5, 5.41) is 1.93. The third-order valence-corrected chi connectivity index (χ3v) is 2.53. The molecule has 0 amide bonds. The van der Waals surface area contributed by atoms with E-state index in [1.807, 2.05) is 72.1 Å². The van der Waals surface area contributed by atoms with Crippen LogP contribution in [0.15, 0.2) is 113 Å². The van der Waals surface area contributed by atoms with E-state index in [4.69, 9.17) is 0 Å². The monoisotopic (exact) mass is 310 g/mol. The zero-order valence-electron chi connectivity index (χ0n) is 12.1. The lowest BCUT2D eigenvalue weighted by Gasteiger charge is -1.70. The molecule has 0 aliphatic rings. The number of hydrogen-bond acceptors (Lipinski definition) is 4. The molecule has 0 aliphatic heterocycles. The maximum absolute atomic E-state index is 4.58. The lowest BCUT2D eigenvalue weighted by Crippen LogP contribution is -1.58. The fourth-order valence-corrected chi connectivity index (χ4v) is 1.45. The van der Waals surface area contributed by atoms with Crippen LogP contribution in [-0.4, -0.2) is 9.97 Å². The van der Waals surface area contributed by atoms with E-state index in [0.717, 1.165) is 0 Å². The van der Waals surface area contributed by atoms with Gasteiger partial charge in [0.2, 0.25) is 0 Å². The summed E-state index contributed by atoms with van der Waals surface area (Å²) in [6.45, 7) is 0. The van der Waals surface area contributed by atoms with Crippen LogP contribution >= 0.6 is 11.3 Å². The van der Waals surface area contributed by atoms with Crippen LogP contribution in [0.1, 0.15) is 0 Å². The fourth-order valence-electron chi connectivity index (χ4n) is 1.10. The van der Waals surface area contributed by atoms with Crippen molar-refractivity contribution in [2.75, 3.05) is 0 Å². The summed E-state index contributed by atoms with van der Waals surface area (Å²) >= 11 is 1.60. The Kier molecular flexibility index (Phi) is 11.6. The van der Waals surface area contributed by atoms with Gasteiger partial charge in [0.1, 0.15) is 0 Å². The molecule has 0 aliphatic carbocycles. The highest BCUT2D eigenvalue weighted by atomic mass is 32.1. The molecule has 3 heterocycles. The molecule has 1 aromatic carbocycles. The van der Waals surface area contributed by atoms with E-state index in [1.165, 1.54) is 0 Å². The Morgan fingerprint density at radius 1 is 0.545 bits per heavy atom. The number of aromatic nitrogens is 2. The summed E-state index contributed by atoms with van der Waals surface area (Å²) in [5.74, 6) is 0. The standard InChI is InChI=1S/C6H6.C5H5N.C4H4O.C3H3NS/c2*1-2-4-6-5-3-1;1-2-4-5-3-1;1-2-5-3-4-1/h1-6H;1-5H;1-4H;1-3H. The Morgan fingerprint density at radius 3 is 1.27 bits per heavy atom. The topological polar surface area (TPSA) is 38.9 Å². The van der Waals surface area contributed by atoms with Gasteiger partial charge in [-0.15, -0.1) is 11.3 Å². The van der Waals surface area contributed by atoms with Crippen molar-refractivity contribution < 1.29 is 4.42 Å². The molecule has 0 saturated heterocycles. The molecule has 0 unspecified atom stereocenters. The van der Waals surface area contributed by atoms with Crippen LogP contribution in [0.25, 0.3) is 0 Å². The summed E-state index contributed by atoms with van der Waals surface area (Å²) in [5.41, 5.74) is 1.79. The normalized spacial score (nSPS) is 8.00. The summed E-state index contributed by atoms with van der Waals surface area (Å²) in [6.07, 6.45) is 8.52. The SMILES string of the molecule is c1ccccc1.c1ccncc1.c1ccoc1.c1cscn1. The van der Waals surface area contributed by atoms with E-state index in [1.54, 1.807) is 48.0 Å². The average molecular weight is 310 g/mol. The second-order valence-corrected chi connectivity index (χ2v) is 4.40. The van der Waals surface area contributed by atoms with Gasteiger partial charge < -0.3 is 4.42 Å². The number of thiazole rings is 1. The Morgan fingerprint density at radius 2 is 1.09 bits per heavy atom. The quantitative estimate of drug-likeness (QED) is 0.448. The zero-order chi connectivity index (χ0) is 15.6. The average Bonchev–Trinajstić information content (AvgIpc) is 3.37. The first-order valence-corrected chi connectivity index (χ1v) is 7.59. The van der Waals surface area contributed by atoms with Gasteiger partial charge in [0.25, 0.3) is 0 Å². The number of benzene rings is 1. The van der Waals surface area contributed by atoms with E-state index >= 15 is 0 Å². The maximum Gasteiger partial charge on any atom is 0.0902 e. The third kappa shape index (κ3) is 12.3. The Labute approximate surface area is 134 Å². The molecular weight excluding hydrogens is 292 g/mol. The van der Waals surface area contributed by atoms with Crippen LogP contribution in [0.5, 0.6) is 0 Å².